The molecule has 5 heteroatoms. The molecule has 1 aliphatic carbocycles. The highest BCUT2D eigenvalue weighted by atomic mass is 16.5. The van der Waals surface area contributed by atoms with E-state index in [2.05, 4.69) is 34.6 Å². The lowest BCUT2D eigenvalue weighted by Crippen LogP contribution is -2.25. The van der Waals surface area contributed by atoms with Crippen molar-refractivity contribution in [3.8, 4) is 0 Å². The number of nitrogens with two attached hydrogens (primary N) is 1. The first kappa shape index (κ1) is 13.4. The van der Waals surface area contributed by atoms with Gasteiger partial charge in [-0.05, 0) is 23.6 Å². The van der Waals surface area contributed by atoms with Crippen molar-refractivity contribution < 1.29 is 9.53 Å². The number of rotatable bonds is 4. The lowest BCUT2D eigenvalue weighted by atomic mass is 9.77. The van der Waals surface area contributed by atoms with E-state index >= 15 is 0 Å². The minimum atomic E-state index is -0.452. The molecule has 5 nitrogen and oxygen atoms in total. The van der Waals surface area contributed by atoms with Gasteiger partial charge < -0.3 is 15.8 Å². The normalized spacial score (nSPS) is 15.8. The number of hydrogen-bond donors (Lipinski definition) is 2. The number of nitrogens with one attached hydrogen (secondary N) is 1. The molecule has 2 aromatic rings. The Kier molecular flexibility index (Phi) is 3.48. The third-order valence-corrected chi connectivity index (χ3v) is 3.87. The SMILES string of the molecule is COC(=O)c1ccnc(NCC2Cc3ccccc32)c1N. The average Bonchev–Trinajstić information content (AvgIpc) is 2.49. The zero-order chi connectivity index (χ0) is 14.8. The van der Waals surface area contributed by atoms with Crippen LogP contribution in [0.1, 0.15) is 27.4 Å². The van der Waals surface area contributed by atoms with Crippen molar-refractivity contribution in [3.05, 3.63) is 53.2 Å². The molecule has 3 rings (SSSR count). The fourth-order valence-electron chi connectivity index (χ4n) is 2.67. The van der Waals surface area contributed by atoms with Gasteiger partial charge in [0.05, 0.1) is 18.4 Å². The van der Waals surface area contributed by atoms with E-state index in [1.165, 1.54) is 18.2 Å². The quantitative estimate of drug-likeness (QED) is 0.841. The number of methoxy groups -OCH3 is 1. The third-order valence-electron chi connectivity index (χ3n) is 3.87. The number of benzene rings is 1. The summed E-state index contributed by atoms with van der Waals surface area (Å²) in [5.74, 6) is 0.540. The van der Waals surface area contributed by atoms with Crippen LogP contribution in [0.25, 0.3) is 0 Å². The lowest BCUT2D eigenvalue weighted by molar-refractivity contribution is 0.0602. The van der Waals surface area contributed by atoms with Gasteiger partial charge in [-0.3, -0.25) is 0 Å². The zero-order valence-electron chi connectivity index (χ0n) is 11.8. The second-order valence-electron chi connectivity index (χ2n) is 5.09. The van der Waals surface area contributed by atoms with E-state index in [-0.39, 0.29) is 0 Å². The predicted octanol–water partition coefficient (Wildman–Crippen LogP) is 2.20. The number of fused-ring (bicyclic) bond motifs is 1. The van der Waals surface area contributed by atoms with Gasteiger partial charge in [0.2, 0.25) is 0 Å². The van der Waals surface area contributed by atoms with Crippen molar-refractivity contribution >= 4 is 17.5 Å². The fourth-order valence-corrected chi connectivity index (χ4v) is 2.67. The number of hydrogen-bond acceptors (Lipinski definition) is 5. The van der Waals surface area contributed by atoms with Gasteiger partial charge in [0.15, 0.2) is 0 Å². The van der Waals surface area contributed by atoms with E-state index in [4.69, 9.17) is 10.5 Å². The topological polar surface area (TPSA) is 77.2 Å². The van der Waals surface area contributed by atoms with Gasteiger partial charge in [-0.25, -0.2) is 9.78 Å². The number of anilines is 2. The Morgan fingerprint density at radius 1 is 1.43 bits per heavy atom. The highest BCUT2D eigenvalue weighted by Gasteiger charge is 2.25. The van der Waals surface area contributed by atoms with Crippen LogP contribution in [-0.4, -0.2) is 24.6 Å². The molecule has 0 aliphatic heterocycles. The highest BCUT2D eigenvalue weighted by Crippen LogP contribution is 2.35. The Bertz CT molecular complexity index is 685. The number of carbonyl (C=O) groups excluding carboxylic acids is 1. The standard InChI is InChI=1S/C16H17N3O2/c1-21-16(20)13-6-7-18-15(14(13)17)19-9-11-8-10-4-2-3-5-12(10)11/h2-7,11H,8-9,17H2,1H3,(H,18,19). The molecule has 1 aliphatic rings. The molecular formula is C16H17N3O2. The maximum Gasteiger partial charge on any atom is 0.340 e. The van der Waals surface area contributed by atoms with Gasteiger partial charge in [-0.15, -0.1) is 0 Å². The predicted molar refractivity (Wildman–Crippen MR) is 81.4 cm³/mol. The number of nitrogen functional groups attached to an aromatic ring is 1. The van der Waals surface area contributed by atoms with Crippen LogP contribution in [-0.2, 0) is 11.2 Å². The van der Waals surface area contributed by atoms with Gasteiger partial charge >= 0.3 is 5.97 Å². The Labute approximate surface area is 123 Å². The van der Waals surface area contributed by atoms with E-state index in [0.29, 0.717) is 23.0 Å². The van der Waals surface area contributed by atoms with Gasteiger partial charge in [-0.1, -0.05) is 24.3 Å². The molecule has 1 aromatic heterocycles. The van der Waals surface area contributed by atoms with Crippen LogP contribution >= 0.6 is 0 Å². The van der Waals surface area contributed by atoms with Crippen molar-refractivity contribution in [2.45, 2.75) is 12.3 Å². The first-order chi connectivity index (χ1) is 10.2. The maximum absolute atomic E-state index is 11.6. The summed E-state index contributed by atoms with van der Waals surface area (Å²) in [5, 5.41) is 3.23. The van der Waals surface area contributed by atoms with Gasteiger partial charge in [0.1, 0.15) is 5.82 Å². The van der Waals surface area contributed by atoms with Crippen LogP contribution in [0.2, 0.25) is 0 Å². The van der Waals surface area contributed by atoms with Crippen LogP contribution in [0.4, 0.5) is 11.5 Å². The summed E-state index contributed by atoms with van der Waals surface area (Å²) in [4.78, 5) is 15.8. The van der Waals surface area contributed by atoms with E-state index in [9.17, 15) is 4.79 Å². The molecule has 1 unspecified atom stereocenters. The molecular weight excluding hydrogens is 266 g/mol. The molecule has 108 valence electrons. The summed E-state index contributed by atoms with van der Waals surface area (Å²) in [5.41, 5.74) is 9.41. The third kappa shape index (κ3) is 2.42. The second kappa shape index (κ2) is 5.44. The molecule has 1 aromatic carbocycles. The summed E-state index contributed by atoms with van der Waals surface area (Å²) in [6.45, 7) is 0.749. The molecule has 0 amide bonds. The summed E-state index contributed by atoms with van der Waals surface area (Å²) >= 11 is 0. The van der Waals surface area contributed by atoms with Gasteiger partial charge in [0, 0.05) is 18.7 Å². The smallest absolute Gasteiger partial charge is 0.340 e. The van der Waals surface area contributed by atoms with Crippen LogP contribution in [0, 0.1) is 0 Å². The molecule has 0 spiro atoms. The Hall–Kier alpha value is -2.56. The monoisotopic (exact) mass is 283 g/mol. The van der Waals surface area contributed by atoms with E-state index in [0.717, 1.165) is 13.0 Å². The Morgan fingerprint density at radius 3 is 3.00 bits per heavy atom. The molecule has 0 saturated carbocycles. The average molecular weight is 283 g/mol. The fraction of sp³-hybridized carbons (Fsp3) is 0.250. The molecule has 0 fully saturated rings. The van der Waals surface area contributed by atoms with Crippen molar-refractivity contribution in [3.63, 3.8) is 0 Å². The molecule has 0 radical (unpaired) electrons. The number of pyridine rings is 1. The lowest BCUT2D eigenvalue weighted by Gasteiger charge is -2.30. The largest absolute Gasteiger partial charge is 0.465 e. The maximum atomic E-state index is 11.6. The van der Waals surface area contributed by atoms with Gasteiger partial charge in [0.25, 0.3) is 0 Å². The summed E-state index contributed by atoms with van der Waals surface area (Å²) < 4.78 is 4.70. The van der Waals surface area contributed by atoms with Gasteiger partial charge in [-0.2, -0.15) is 0 Å². The van der Waals surface area contributed by atoms with Crippen molar-refractivity contribution in [1.29, 1.82) is 0 Å². The molecule has 3 N–H and O–H groups in total. The van der Waals surface area contributed by atoms with Crippen LogP contribution < -0.4 is 11.1 Å². The van der Waals surface area contributed by atoms with E-state index in [1.807, 2.05) is 0 Å². The molecule has 1 heterocycles. The molecule has 21 heavy (non-hydrogen) atoms. The first-order valence-electron chi connectivity index (χ1n) is 6.85. The first-order valence-corrected chi connectivity index (χ1v) is 6.85. The summed E-state index contributed by atoms with van der Waals surface area (Å²) in [7, 11) is 1.33. The van der Waals surface area contributed by atoms with E-state index in [1.54, 1.807) is 12.3 Å². The van der Waals surface area contributed by atoms with Crippen molar-refractivity contribution in [2.75, 3.05) is 24.7 Å². The highest BCUT2D eigenvalue weighted by molar-refractivity contribution is 5.97. The van der Waals surface area contributed by atoms with Crippen LogP contribution in [0.15, 0.2) is 36.5 Å². The summed E-state index contributed by atoms with van der Waals surface area (Å²) in [6.07, 6.45) is 2.61. The minimum Gasteiger partial charge on any atom is -0.465 e. The minimum absolute atomic E-state index is 0.331. The zero-order valence-corrected chi connectivity index (χ0v) is 11.8. The van der Waals surface area contributed by atoms with Crippen molar-refractivity contribution in [1.82, 2.24) is 4.98 Å². The number of esters is 1. The molecule has 1 atom stereocenters. The number of aromatic nitrogens is 1. The Balaban J connectivity index is 1.71. The molecule has 0 bridgehead atoms. The molecule has 0 saturated heterocycles. The van der Waals surface area contributed by atoms with Crippen LogP contribution in [0.3, 0.4) is 0 Å². The number of ether oxygens (including phenoxy) is 1. The second-order valence-corrected chi connectivity index (χ2v) is 5.09. The van der Waals surface area contributed by atoms with E-state index < -0.39 is 5.97 Å². The summed E-state index contributed by atoms with van der Waals surface area (Å²) in [6, 6.07) is 9.96. The van der Waals surface area contributed by atoms with Crippen molar-refractivity contribution in [2.24, 2.45) is 0 Å². The Morgan fingerprint density at radius 2 is 2.24 bits per heavy atom. The van der Waals surface area contributed by atoms with Crippen LogP contribution in [0.5, 0.6) is 0 Å². The number of carbonyl (C=O) groups is 1. The number of nitrogens with zero attached hydrogens (tertiary/aromatic N) is 1.